The maximum absolute atomic E-state index is 11.4. The Labute approximate surface area is 151 Å². The van der Waals surface area contributed by atoms with E-state index in [9.17, 15) is 13.2 Å². The molecule has 5 nitrogen and oxygen atoms in total. The third-order valence-corrected chi connectivity index (χ3v) is 4.26. The maximum atomic E-state index is 11.4. The zero-order valence-corrected chi connectivity index (χ0v) is 16.5. The van der Waals surface area contributed by atoms with Crippen LogP contribution in [0.3, 0.4) is 0 Å². The number of rotatable bonds is 12. The van der Waals surface area contributed by atoms with Crippen LogP contribution < -0.4 is 29.6 Å². The van der Waals surface area contributed by atoms with Crippen LogP contribution in [0.2, 0.25) is 0 Å². The Balaban J connectivity index is 0. The van der Waals surface area contributed by atoms with Crippen LogP contribution in [0.5, 0.6) is 0 Å². The number of hydrogen-bond acceptors (Lipinski definition) is 4. The molecular formula is C14H28NaO5S+. The number of carbonyl (C=O) groups excluding carboxylic acids is 1. The van der Waals surface area contributed by atoms with E-state index in [1.165, 1.54) is 32.1 Å². The minimum Gasteiger partial charge on any atom is -0.443 e. The van der Waals surface area contributed by atoms with Gasteiger partial charge in [-0.3, -0.25) is 9.35 Å². The normalized spacial score (nSPS) is 12.5. The van der Waals surface area contributed by atoms with Crippen molar-refractivity contribution in [3.63, 3.8) is 0 Å². The predicted octanol–water partition coefficient (Wildman–Crippen LogP) is 0.688. The molecule has 0 heterocycles. The van der Waals surface area contributed by atoms with Crippen LogP contribution in [0.4, 0.5) is 0 Å². The monoisotopic (exact) mass is 331 g/mol. The van der Waals surface area contributed by atoms with Crippen molar-refractivity contribution in [1.82, 2.24) is 0 Å². The molecule has 0 aromatic carbocycles. The number of ether oxygens (including phenoxy) is 1. The molecule has 0 saturated heterocycles. The summed E-state index contributed by atoms with van der Waals surface area (Å²) >= 11 is 0. The smallest absolute Gasteiger partial charge is 0.443 e. The van der Waals surface area contributed by atoms with Crippen LogP contribution >= 0.6 is 0 Å². The fraction of sp³-hybridized carbons (Fsp3) is 0.929. The van der Waals surface area contributed by atoms with Gasteiger partial charge in [0.05, 0.1) is 0 Å². The molecule has 0 aromatic rings. The van der Waals surface area contributed by atoms with Crippen LogP contribution in [0.15, 0.2) is 0 Å². The minimum absolute atomic E-state index is 0. The van der Waals surface area contributed by atoms with E-state index in [1.807, 2.05) is 0 Å². The van der Waals surface area contributed by atoms with Gasteiger partial charge in [-0.25, -0.2) is 0 Å². The Kier molecular flexibility index (Phi) is 15.8. The molecule has 0 rings (SSSR count). The van der Waals surface area contributed by atoms with Crippen molar-refractivity contribution in [2.45, 2.75) is 83.5 Å². The standard InChI is InChI=1S/C14H28O5S.Na/c1-3-5-6-7-8-9-10-11-12-13(15)19-14(4-2)20(16,17)18;/h14H,3-12H2,1-2H3,(H,16,17,18);/q;+1. The average molecular weight is 331 g/mol. The number of hydrogen-bond donors (Lipinski definition) is 1. The minimum atomic E-state index is -4.30. The summed E-state index contributed by atoms with van der Waals surface area (Å²) in [7, 11) is -4.30. The molecule has 0 aliphatic carbocycles. The quantitative estimate of drug-likeness (QED) is 0.246. The molecule has 120 valence electrons. The Morgan fingerprint density at radius 1 is 1.00 bits per heavy atom. The molecule has 0 aliphatic heterocycles. The molecule has 1 N–H and O–H groups in total. The first-order chi connectivity index (χ1) is 9.41. The van der Waals surface area contributed by atoms with Crippen molar-refractivity contribution in [1.29, 1.82) is 0 Å². The number of esters is 1. The van der Waals surface area contributed by atoms with E-state index < -0.39 is 21.5 Å². The van der Waals surface area contributed by atoms with Gasteiger partial charge in [0.2, 0.25) is 5.44 Å². The Bertz CT molecular complexity index is 356. The SMILES string of the molecule is CCCCCCCCCCC(=O)OC(CC)S(=O)(=O)O.[Na+]. The average Bonchev–Trinajstić information content (AvgIpc) is 2.37. The number of unbranched alkanes of at least 4 members (excludes halogenated alkanes) is 7. The van der Waals surface area contributed by atoms with Crippen molar-refractivity contribution in [3.05, 3.63) is 0 Å². The van der Waals surface area contributed by atoms with Crippen LogP contribution in [0.25, 0.3) is 0 Å². The molecule has 0 fully saturated rings. The van der Waals surface area contributed by atoms with E-state index in [1.54, 1.807) is 6.92 Å². The second kappa shape index (κ2) is 14.0. The van der Waals surface area contributed by atoms with E-state index >= 15 is 0 Å². The molecule has 0 bridgehead atoms. The second-order valence-electron chi connectivity index (χ2n) is 5.07. The number of carbonyl (C=O) groups is 1. The maximum Gasteiger partial charge on any atom is 1.00 e. The fourth-order valence-electron chi connectivity index (χ4n) is 1.96. The van der Waals surface area contributed by atoms with Crippen molar-refractivity contribution in [2.75, 3.05) is 0 Å². The van der Waals surface area contributed by atoms with Crippen molar-refractivity contribution in [2.24, 2.45) is 0 Å². The van der Waals surface area contributed by atoms with E-state index in [-0.39, 0.29) is 42.4 Å². The molecule has 0 aliphatic rings. The van der Waals surface area contributed by atoms with E-state index in [0.717, 1.165) is 12.8 Å². The summed E-state index contributed by atoms with van der Waals surface area (Å²) in [5, 5.41) is 0. The molecule has 1 atom stereocenters. The first-order valence-electron chi connectivity index (χ1n) is 7.57. The summed E-state index contributed by atoms with van der Waals surface area (Å²) in [5.41, 5.74) is -1.43. The molecule has 7 heteroatoms. The largest absolute Gasteiger partial charge is 1.00 e. The topological polar surface area (TPSA) is 80.7 Å². The molecule has 0 aromatic heterocycles. The van der Waals surface area contributed by atoms with Crippen LogP contribution in [0.1, 0.15) is 78.1 Å². The first kappa shape index (κ1) is 23.6. The molecule has 0 radical (unpaired) electrons. The zero-order valence-electron chi connectivity index (χ0n) is 13.6. The Morgan fingerprint density at radius 3 is 1.90 bits per heavy atom. The Morgan fingerprint density at radius 2 is 1.48 bits per heavy atom. The van der Waals surface area contributed by atoms with Crippen LogP contribution in [-0.4, -0.2) is 24.4 Å². The van der Waals surface area contributed by atoms with Crippen LogP contribution in [-0.2, 0) is 19.6 Å². The van der Waals surface area contributed by atoms with Gasteiger partial charge in [0.1, 0.15) is 0 Å². The van der Waals surface area contributed by atoms with Crippen molar-refractivity contribution < 1.29 is 52.1 Å². The zero-order chi connectivity index (χ0) is 15.4. The summed E-state index contributed by atoms with van der Waals surface area (Å²) in [6, 6.07) is 0. The van der Waals surface area contributed by atoms with Gasteiger partial charge in [-0.1, -0.05) is 58.8 Å². The summed E-state index contributed by atoms with van der Waals surface area (Å²) < 4.78 is 35.3. The van der Waals surface area contributed by atoms with Gasteiger partial charge in [-0.2, -0.15) is 8.42 Å². The summed E-state index contributed by atoms with van der Waals surface area (Å²) in [6.07, 6.45) is 9.20. The third-order valence-electron chi connectivity index (χ3n) is 3.16. The van der Waals surface area contributed by atoms with Gasteiger partial charge in [-0.05, 0) is 12.8 Å². The van der Waals surface area contributed by atoms with Gasteiger partial charge >= 0.3 is 45.6 Å². The summed E-state index contributed by atoms with van der Waals surface area (Å²) in [6.45, 7) is 3.73. The Hall–Kier alpha value is 0.380. The summed E-state index contributed by atoms with van der Waals surface area (Å²) in [5.74, 6) is -0.555. The molecule has 21 heavy (non-hydrogen) atoms. The van der Waals surface area contributed by atoms with Gasteiger partial charge in [-0.15, -0.1) is 0 Å². The predicted molar refractivity (Wildman–Crippen MR) is 78.9 cm³/mol. The molecule has 1 unspecified atom stereocenters. The van der Waals surface area contributed by atoms with E-state index in [0.29, 0.717) is 6.42 Å². The summed E-state index contributed by atoms with van der Waals surface area (Å²) in [4.78, 5) is 11.4. The van der Waals surface area contributed by atoms with Crippen molar-refractivity contribution in [3.8, 4) is 0 Å². The molecule has 0 saturated carbocycles. The van der Waals surface area contributed by atoms with Gasteiger partial charge < -0.3 is 4.74 Å². The third kappa shape index (κ3) is 13.7. The molecular weight excluding hydrogens is 303 g/mol. The molecule has 0 spiro atoms. The first-order valence-corrected chi connectivity index (χ1v) is 9.07. The van der Waals surface area contributed by atoms with E-state index in [4.69, 9.17) is 9.29 Å². The van der Waals surface area contributed by atoms with Crippen molar-refractivity contribution >= 4 is 16.1 Å². The van der Waals surface area contributed by atoms with Gasteiger partial charge in [0.25, 0.3) is 0 Å². The van der Waals surface area contributed by atoms with Crippen LogP contribution in [0, 0.1) is 0 Å². The van der Waals surface area contributed by atoms with Gasteiger partial charge in [0, 0.05) is 6.42 Å². The fourth-order valence-corrected chi connectivity index (χ4v) is 2.61. The van der Waals surface area contributed by atoms with E-state index in [2.05, 4.69) is 6.92 Å². The van der Waals surface area contributed by atoms with Gasteiger partial charge in [0.15, 0.2) is 0 Å². The molecule has 0 amide bonds. The second-order valence-corrected chi connectivity index (χ2v) is 6.62.